The summed E-state index contributed by atoms with van der Waals surface area (Å²) in [7, 11) is 0. The van der Waals surface area contributed by atoms with E-state index in [1.54, 1.807) is 6.92 Å². The Kier molecular flexibility index (Phi) is 4.34. The van der Waals surface area contributed by atoms with Gasteiger partial charge in [-0.2, -0.15) is 0 Å². The topological polar surface area (TPSA) is 32.3 Å². The first-order valence-corrected chi connectivity index (χ1v) is 12.2. The third-order valence-corrected chi connectivity index (χ3v) is 9.19. The van der Waals surface area contributed by atoms with Crippen LogP contribution < -0.4 is 5.32 Å². The molecule has 3 heteroatoms. The van der Waals surface area contributed by atoms with Gasteiger partial charge in [0.25, 0.3) is 0 Å². The fraction of sp³-hybridized carbons (Fsp3) is 0.731. The highest BCUT2D eigenvalue weighted by Gasteiger charge is 2.57. The number of carbonyl (C=O) groups is 1. The molecular formula is C26H36N2O. The second-order valence-electron chi connectivity index (χ2n) is 11.2. The molecule has 1 aromatic rings. The number of carbonyl (C=O) groups excluding carboxylic acids is 1. The van der Waals surface area contributed by atoms with Gasteiger partial charge in [-0.25, -0.2) is 0 Å². The number of benzene rings is 1. The third-order valence-electron chi connectivity index (χ3n) is 9.19. The maximum absolute atomic E-state index is 12.1. The van der Waals surface area contributed by atoms with E-state index in [2.05, 4.69) is 22.3 Å². The van der Waals surface area contributed by atoms with E-state index in [0.717, 1.165) is 41.1 Å². The summed E-state index contributed by atoms with van der Waals surface area (Å²) in [6.45, 7) is 1.69. The number of nitrogens with zero attached hydrogens (tertiary/aromatic N) is 1. The van der Waals surface area contributed by atoms with E-state index in [-0.39, 0.29) is 5.78 Å². The second kappa shape index (κ2) is 6.83. The number of nitrogens with one attached hydrogen (secondary N) is 1. The van der Waals surface area contributed by atoms with Crippen LogP contribution in [0.2, 0.25) is 0 Å². The van der Waals surface area contributed by atoms with Gasteiger partial charge >= 0.3 is 0 Å². The highest BCUT2D eigenvalue weighted by atomic mass is 16.1. The van der Waals surface area contributed by atoms with Crippen LogP contribution in [0.4, 0.5) is 5.69 Å². The van der Waals surface area contributed by atoms with Crippen LogP contribution in [0.15, 0.2) is 24.3 Å². The smallest absolute Gasteiger partial charge is 0.161 e. The molecule has 1 aromatic carbocycles. The average molecular weight is 393 g/mol. The zero-order chi connectivity index (χ0) is 19.6. The Labute approximate surface area is 175 Å². The van der Waals surface area contributed by atoms with Crippen molar-refractivity contribution in [3.63, 3.8) is 0 Å². The van der Waals surface area contributed by atoms with Crippen LogP contribution in [0.1, 0.15) is 87.9 Å². The van der Waals surface area contributed by atoms with Crippen LogP contribution >= 0.6 is 0 Å². The molecule has 6 aliphatic rings. The lowest BCUT2D eigenvalue weighted by Gasteiger charge is -2.66. The van der Waals surface area contributed by atoms with E-state index in [1.807, 2.05) is 12.1 Å². The van der Waals surface area contributed by atoms with Crippen LogP contribution in [-0.2, 0) is 0 Å². The molecule has 2 atom stereocenters. The summed E-state index contributed by atoms with van der Waals surface area (Å²) >= 11 is 0. The molecule has 4 saturated carbocycles. The van der Waals surface area contributed by atoms with Crippen molar-refractivity contribution < 1.29 is 4.79 Å². The third kappa shape index (κ3) is 3.07. The maximum Gasteiger partial charge on any atom is 0.161 e. The molecule has 6 bridgehead atoms. The lowest BCUT2D eigenvalue weighted by atomic mass is 9.51. The summed E-state index contributed by atoms with van der Waals surface area (Å²) in [5.41, 5.74) is 2.44. The van der Waals surface area contributed by atoms with Gasteiger partial charge in [-0.15, -0.1) is 0 Å². The van der Waals surface area contributed by atoms with E-state index in [0.29, 0.717) is 11.6 Å². The lowest BCUT2D eigenvalue weighted by molar-refractivity contribution is -0.146. The average Bonchev–Trinajstić information content (AvgIpc) is 2.66. The Balaban J connectivity index is 1.24. The SMILES string of the molecule is CC(=O)c1ccccc1NC1CC2CCCC(C1)N2C12CC3CC(CC(C3)C1)C2. The molecule has 1 N–H and O–H groups in total. The van der Waals surface area contributed by atoms with Crippen LogP contribution in [0.3, 0.4) is 0 Å². The molecule has 0 radical (unpaired) electrons. The fourth-order valence-corrected chi connectivity index (χ4v) is 8.79. The van der Waals surface area contributed by atoms with E-state index in [9.17, 15) is 4.79 Å². The zero-order valence-corrected chi connectivity index (χ0v) is 17.9. The number of rotatable bonds is 4. The number of para-hydroxylation sites is 1. The Morgan fingerprint density at radius 1 is 0.931 bits per heavy atom. The first kappa shape index (κ1) is 18.4. The van der Waals surface area contributed by atoms with Crippen molar-refractivity contribution in [2.24, 2.45) is 17.8 Å². The van der Waals surface area contributed by atoms with Crippen LogP contribution in [-0.4, -0.2) is 34.3 Å². The number of hydrogen-bond donors (Lipinski definition) is 1. The van der Waals surface area contributed by atoms with E-state index in [1.165, 1.54) is 70.6 Å². The van der Waals surface area contributed by atoms with E-state index < -0.39 is 0 Å². The fourth-order valence-electron chi connectivity index (χ4n) is 8.79. The van der Waals surface area contributed by atoms with Crippen molar-refractivity contribution in [2.45, 2.75) is 101 Å². The molecule has 0 aromatic heterocycles. The van der Waals surface area contributed by atoms with Crippen molar-refractivity contribution in [1.29, 1.82) is 0 Å². The number of fused-ring (bicyclic) bond motifs is 2. The monoisotopic (exact) mass is 392 g/mol. The predicted molar refractivity (Wildman–Crippen MR) is 117 cm³/mol. The van der Waals surface area contributed by atoms with Crippen molar-refractivity contribution in [3.05, 3.63) is 29.8 Å². The Morgan fingerprint density at radius 2 is 1.52 bits per heavy atom. The van der Waals surface area contributed by atoms with Gasteiger partial charge in [0.2, 0.25) is 0 Å². The molecule has 0 amide bonds. The van der Waals surface area contributed by atoms with Crippen LogP contribution in [0.25, 0.3) is 0 Å². The van der Waals surface area contributed by atoms with Crippen molar-refractivity contribution in [1.82, 2.24) is 4.90 Å². The zero-order valence-electron chi connectivity index (χ0n) is 17.9. The van der Waals surface area contributed by atoms with Gasteiger partial charge in [0, 0.05) is 34.9 Å². The van der Waals surface area contributed by atoms with Crippen molar-refractivity contribution in [3.8, 4) is 0 Å². The first-order valence-electron chi connectivity index (χ1n) is 12.2. The number of anilines is 1. The number of Topliss-reactive ketones (excluding diaryl/α,β-unsaturated/α-hetero) is 1. The highest BCUT2D eigenvalue weighted by molar-refractivity contribution is 5.99. The van der Waals surface area contributed by atoms with Gasteiger partial charge < -0.3 is 5.32 Å². The standard InChI is InChI=1S/C26H36N2O/c1-17(29)24-7-2-3-8-25(24)27-21-12-22-5-4-6-23(13-21)28(22)26-14-18-9-19(15-26)11-20(10-18)16-26/h2-3,7-8,18-23,27H,4-6,9-16H2,1H3. The molecule has 4 aliphatic carbocycles. The Bertz CT molecular complexity index is 752. The largest absolute Gasteiger partial charge is 0.382 e. The number of ketones is 1. The van der Waals surface area contributed by atoms with Gasteiger partial charge in [-0.05, 0) is 101 Å². The molecule has 2 heterocycles. The van der Waals surface area contributed by atoms with Crippen LogP contribution in [0, 0.1) is 17.8 Å². The minimum atomic E-state index is 0.166. The molecule has 6 fully saturated rings. The molecule has 29 heavy (non-hydrogen) atoms. The van der Waals surface area contributed by atoms with Crippen molar-refractivity contribution in [2.75, 3.05) is 5.32 Å². The molecule has 2 unspecified atom stereocenters. The minimum absolute atomic E-state index is 0.166. The van der Waals surface area contributed by atoms with E-state index >= 15 is 0 Å². The van der Waals surface area contributed by atoms with Gasteiger partial charge in [0.1, 0.15) is 0 Å². The van der Waals surface area contributed by atoms with Crippen molar-refractivity contribution >= 4 is 11.5 Å². The molecule has 2 saturated heterocycles. The first-order chi connectivity index (χ1) is 14.1. The quantitative estimate of drug-likeness (QED) is 0.672. The normalized spacial score (nSPS) is 43.3. The summed E-state index contributed by atoms with van der Waals surface area (Å²) in [6, 6.07) is 10.1. The highest BCUT2D eigenvalue weighted by Crippen LogP contribution is 2.60. The predicted octanol–water partition coefficient (Wildman–Crippen LogP) is 5.66. The van der Waals surface area contributed by atoms with Gasteiger partial charge in [0.05, 0.1) is 0 Å². The summed E-state index contributed by atoms with van der Waals surface area (Å²) in [6.07, 6.45) is 15.8. The van der Waals surface area contributed by atoms with Gasteiger partial charge in [0.15, 0.2) is 5.78 Å². The summed E-state index contributed by atoms with van der Waals surface area (Å²) in [5, 5.41) is 3.81. The Hall–Kier alpha value is -1.35. The molecule has 3 nitrogen and oxygen atoms in total. The summed E-state index contributed by atoms with van der Waals surface area (Å²) in [5.74, 6) is 3.25. The van der Waals surface area contributed by atoms with E-state index in [4.69, 9.17) is 0 Å². The molecule has 7 rings (SSSR count). The second-order valence-corrected chi connectivity index (χ2v) is 11.2. The summed E-state index contributed by atoms with van der Waals surface area (Å²) < 4.78 is 0. The van der Waals surface area contributed by atoms with Crippen LogP contribution in [0.5, 0.6) is 0 Å². The molecular weight excluding hydrogens is 356 g/mol. The molecule has 156 valence electrons. The maximum atomic E-state index is 12.1. The van der Waals surface area contributed by atoms with Gasteiger partial charge in [-0.1, -0.05) is 18.6 Å². The number of piperidine rings is 2. The molecule has 2 aliphatic heterocycles. The lowest BCUT2D eigenvalue weighted by Crippen LogP contribution is -2.68. The number of hydrogen-bond acceptors (Lipinski definition) is 3. The Morgan fingerprint density at radius 3 is 2.10 bits per heavy atom. The molecule has 0 spiro atoms. The van der Waals surface area contributed by atoms with Gasteiger partial charge in [-0.3, -0.25) is 9.69 Å². The minimum Gasteiger partial charge on any atom is -0.382 e. The summed E-state index contributed by atoms with van der Waals surface area (Å²) in [4.78, 5) is 15.2.